The average molecular weight is 301 g/mol. The first-order chi connectivity index (χ1) is 10.2. The molecule has 6 heteroatoms. The highest BCUT2D eigenvalue weighted by Gasteiger charge is 2.16. The number of aromatic nitrogens is 3. The van der Waals surface area contributed by atoms with Crippen LogP contribution in [0.4, 0.5) is 0 Å². The molecule has 1 N–H and O–H groups in total. The highest BCUT2D eigenvalue weighted by Crippen LogP contribution is 2.20. The molecule has 0 spiro atoms. The van der Waals surface area contributed by atoms with Gasteiger partial charge < -0.3 is 14.3 Å². The predicted molar refractivity (Wildman–Crippen MR) is 81.7 cm³/mol. The van der Waals surface area contributed by atoms with E-state index in [0.29, 0.717) is 16.6 Å². The van der Waals surface area contributed by atoms with Crippen LogP contribution in [0.25, 0.3) is 11.0 Å². The predicted octanol–water partition coefficient (Wildman–Crippen LogP) is 2.58. The van der Waals surface area contributed by atoms with Gasteiger partial charge in [0.05, 0.1) is 18.1 Å². The maximum atomic E-state index is 12.3. The second-order valence-electron chi connectivity index (χ2n) is 4.73. The van der Waals surface area contributed by atoms with Gasteiger partial charge in [0.15, 0.2) is 11.6 Å². The van der Waals surface area contributed by atoms with E-state index >= 15 is 0 Å². The zero-order chi connectivity index (χ0) is 14.8. The van der Waals surface area contributed by atoms with E-state index in [9.17, 15) is 4.55 Å². The van der Waals surface area contributed by atoms with Gasteiger partial charge in [-0.2, -0.15) is 0 Å². The summed E-state index contributed by atoms with van der Waals surface area (Å²) in [6.07, 6.45) is 1.67. The highest BCUT2D eigenvalue weighted by molar-refractivity contribution is 7.90. The first kappa shape index (κ1) is 13.9. The Bertz CT molecular complexity index is 772. The lowest BCUT2D eigenvalue weighted by Gasteiger charge is -2.07. The smallest absolute Gasteiger partial charge is 0.245 e. The molecule has 108 valence electrons. The number of nitrogens with zero attached hydrogens (tertiary/aromatic N) is 2. The molecule has 0 amide bonds. The average Bonchev–Trinajstić information content (AvgIpc) is 2.88. The van der Waals surface area contributed by atoms with E-state index in [2.05, 4.69) is 15.0 Å². The Morgan fingerprint density at radius 1 is 1.29 bits per heavy atom. The minimum atomic E-state index is -1.21. The summed E-state index contributed by atoms with van der Waals surface area (Å²) >= 11 is -1.21. The molecule has 0 saturated carbocycles. The molecule has 1 atom stereocenters. The van der Waals surface area contributed by atoms with E-state index in [1.54, 1.807) is 13.3 Å². The molecule has 2 heterocycles. The fourth-order valence-corrected chi connectivity index (χ4v) is 3.09. The van der Waals surface area contributed by atoms with Crippen LogP contribution in [0.3, 0.4) is 0 Å². The fraction of sp³-hybridized carbons (Fsp3) is 0.200. The van der Waals surface area contributed by atoms with Crippen LogP contribution in [-0.2, 0) is 16.9 Å². The van der Waals surface area contributed by atoms with Gasteiger partial charge in [0.1, 0.15) is 5.75 Å². The second-order valence-corrected chi connectivity index (χ2v) is 6.13. The molecule has 2 aromatic heterocycles. The lowest BCUT2D eigenvalue weighted by Crippen LogP contribution is -2.08. The van der Waals surface area contributed by atoms with Gasteiger partial charge in [0, 0.05) is 29.5 Å². The number of fused-ring (bicyclic) bond motifs is 1. The van der Waals surface area contributed by atoms with E-state index < -0.39 is 11.2 Å². The Hall–Kier alpha value is -2.05. The maximum Gasteiger partial charge on any atom is 0.245 e. The third-order valence-corrected chi connectivity index (χ3v) is 4.36. The summed E-state index contributed by atoms with van der Waals surface area (Å²) in [5.74, 6) is 1.75. The molecule has 5 nitrogen and oxygen atoms in total. The molecule has 0 aliphatic carbocycles. The van der Waals surface area contributed by atoms with Crippen LogP contribution in [0.15, 0.2) is 41.6 Å². The van der Waals surface area contributed by atoms with Crippen molar-refractivity contribution >= 4 is 22.2 Å². The van der Waals surface area contributed by atoms with Crippen molar-refractivity contribution in [3.8, 4) is 5.75 Å². The Kier molecular flexibility index (Phi) is 3.81. The molecule has 0 aliphatic heterocycles. The van der Waals surface area contributed by atoms with Crippen molar-refractivity contribution in [2.75, 3.05) is 7.11 Å². The standard InChI is InChI=1S/C15H15N3O2S/c1-10-5-6-16-15(7-10)21(19)9-14-17-12-4-3-11(20-2)8-13(12)18-14/h3-8H,9H2,1-2H3,(H,17,18). The Labute approximate surface area is 125 Å². The van der Waals surface area contributed by atoms with E-state index in [4.69, 9.17) is 4.74 Å². The van der Waals surface area contributed by atoms with Crippen LogP contribution in [0.2, 0.25) is 0 Å². The third kappa shape index (κ3) is 3.01. The highest BCUT2D eigenvalue weighted by atomic mass is 32.2. The Balaban J connectivity index is 1.84. The van der Waals surface area contributed by atoms with Crippen molar-refractivity contribution in [3.05, 3.63) is 47.9 Å². The number of aromatic amines is 1. The molecule has 0 saturated heterocycles. The largest absolute Gasteiger partial charge is 0.610 e. The van der Waals surface area contributed by atoms with E-state index in [1.807, 2.05) is 37.3 Å². The molecule has 0 bridgehead atoms. The number of H-pyrrole nitrogens is 1. The minimum Gasteiger partial charge on any atom is -0.610 e. The van der Waals surface area contributed by atoms with Crippen molar-refractivity contribution in [3.63, 3.8) is 0 Å². The molecule has 1 unspecified atom stereocenters. The van der Waals surface area contributed by atoms with Crippen LogP contribution in [0, 0.1) is 6.92 Å². The summed E-state index contributed by atoms with van der Waals surface area (Å²) in [6.45, 7) is 1.95. The molecule has 0 aliphatic rings. The molecule has 3 aromatic rings. The van der Waals surface area contributed by atoms with Crippen LogP contribution in [0.5, 0.6) is 5.75 Å². The number of nitrogens with one attached hydrogen (secondary N) is 1. The van der Waals surface area contributed by atoms with E-state index in [-0.39, 0.29) is 0 Å². The first-order valence-electron chi connectivity index (χ1n) is 6.49. The number of hydrogen-bond donors (Lipinski definition) is 1. The van der Waals surface area contributed by atoms with Gasteiger partial charge in [-0.05, 0) is 30.7 Å². The number of pyridine rings is 1. The molecular formula is C15H15N3O2S. The number of rotatable bonds is 4. The second kappa shape index (κ2) is 5.75. The number of imidazole rings is 1. The summed E-state index contributed by atoms with van der Waals surface area (Å²) in [5, 5.41) is 0.577. The number of methoxy groups -OCH3 is 1. The number of aryl methyl sites for hydroxylation is 1. The molecule has 21 heavy (non-hydrogen) atoms. The number of benzene rings is 1. The van der Waals surface area contributed by atoms with Crippen LogP contribution < -0.4 is 4.74 Å². The number of ether oxygens (including phenoxy) is 1. The zero-order valence-electron chi connectivity index (χ0n) is 11.8. The summed E-state index contributed by atoms with van der Waals surface area (Å²) in [7, 11) is 1.62. The van der Waals surface area contributed by atoms with Crippen molar-refractivity contribution in [1.82, 2.24) is 15.0 Å². The van der Waals surface area contributed by atoms with Crippen molar-refractivity contribution in [1.29, 1.82) is 0 Å². The van der Waals surface area contributed by atoms with Gasteiger partial charge in [-0.1, -0.05) is 0 Å². The zero-order valence-corrected chi connectivity index (χ0v) is 12.6. The lowest BCUT2D eigenvalue weighted by atomic mass is 10.3. The monoisotopic (exact) mass is 301 g/mol. The molecule has 3 rings (SSSR count). The molecule has 0 radical (unpaired) electrons. The van der Waals surface area contributed by atoms with Crippen molar-refractivity contribution in [2.45, 2.75) is 17.7 Å². The van der Waals surface area contributed by atoms with Crippen molar-refractivity contribution in [2.24, 2.45) is 0 Å². The van der Waals surface area contributed by atoms with Gasteiger partial charge in [0.2, 0.25) is 5.03 Å². The Morgan fingerprint density at radius 2 is 2.14 bits per heavy atom. The van der Waals surface area contributed by atoms with Crippen molar-refractivity contribution < 1.29 is 9.29 Å². The van der Waals surface area contributed by atoms with Crippen LogP contribution >= 0.6 is 0 Å². The van der Waals surface area contributed by atoms with Gasteiger partial charge >= 0.3 is 0 Å². The quantitative estimate of drug-likeness (QED) is 0.752. The summed E-state index contributed by atoms with van der Waals surface area (Å²) in [6, 6.07) is 9.33. The van der Waals surface area contributed by atoms with Crippen LogP contribution in [0.1, 0.15) is 11.4 Å². The fourth-order valence-electron chi connectivity index (χ4n) is 2.06. The topological polar surface area (TPSA) is 73.9 Å². The van der Waals surface area contributed by atoms with Gasteiger partial charge in [0.25, 0.3) is 0 Å². The lowest BCUT2D eigenvalue weighted by molar-refractivity contribution is 0.415. The summed E-state index contributed by atoms with van der Waals surface area (Å²) in [4.78, 5) is 11.8. The SMILES string of the molecule is COc1ccc2[nH]c(C[S+]([O-])c3cc(C)ccn3)nc2c1. The van der Waals surface area contributed by atoms with Gasteiger partial charge in [-0.3, -0.25) is 0 Å². The van der Waals surface area contributed by atoms with Crippen LogP contribution in [-0.4, -0.2) is 26.6 Å². The number of hydrogen-bond acceptors (Lipinski definition) is 4. The third-order valence-electron chi connectivity index (χ3n) is 3.13. The van der Waals surface area contributed by atoms with E-state index in [0.717, 1.165) is 22.3 Å². The molecule has 0 fully saturated rings. The maximum absolute atomic E-state index is 12.3. The first-order valence-corrected chi connectivity index (χ1v) is 7.81. The normalized spacial score (nSPS) is 12.5. The summed E-state index contributed by atoms with van der Waals surface area (Å²) in [5.41, 5.74) is 2.75. The Morgan fingerprint density at radius 3 is 2.90 bits per heavy atom. The molecular weight excluding hydrogens is 286 g/mol. The minimum absolute atomic E-state index is 0.313. The van der Waals surface area contributed by atoms with E-state index in [1.165, 1.54) is 0 Å². The van der Waals surface area contributed by atoms with Gasteiger partial charge in [-0.25, -0.2) is 9.97 Å². The molecule has 1 aromatic carbocycles. The summed E-state index contributed by atoms with van der Waals surface area (Å²) < 4.78 is 17.5. The van der Waals surface area contributed by atoms with Gasteiger partial charge in [-0.15, -0.1) is 0 Å².